The first-order valence-corrected chi connectivity index (χ1v) is 4.51. The number of nitrogens with zero attached hydrogens (tertiary/aromatic N) is 1. The van der Waals surface area contributed by atoms with Crippen molar-refractivity contribution in [3.05, 3.63) is 41.1 Å². The summed E-state index contributed by atoms with van der Waals surface area (Å²) in [6.07, 6.45) is 1.87. The Morgan fingerprint density at radius 2 is 1.77 bits per heavy atom. The van der Waals surface area contributed by atoms with Crippen LogP contribution in [0.25, 0.3) is 10.9 Å². The number of hydrogen-bond acceptors (Lipinski definition) is 1. The monoisotopic (exact) mass is 171 g/mol. The van der Waals surface area contributed by atoms with Crippen LogP contribution in [-0.4, -0.2) is 4.98 Å². The van der Waals surface area contributed by atoms with Gasteiger partial charge < -0.3 is 0 Å². The highest BCUT2D eigenvalue weighted by atomic mass is 14.6. The maximum absolute atomic E-state index is 4.36. The van der Waals surface area contributed by atoms with E-state index in [-0.39, 0.29) is 0 Å². The van der Waals surface area contributed by atoms with E-state index in [1.807, 2.05) is 6.20 Å². The van der Waals surface area contributed by atoms with Crippen molar-refractivity contribution >= 4 is 10.9 Å². The Hall–Kier alpha value is -1.37. The third-order valence-corrected chi connectivity index (χ3v) is 2.39. The van der Waals surface area contributed by atoms with Crippen molar-refractivity contribution < 1.29 is 0 Å². The Bertz CT molecular complexity index is 458. The molecule has 0 unspecified atom stereocenters. The van der Waals surface area contributed by atoms with E-state index in [2.05, 4.69) is 44.0 Å². The van der Waals surface area contributed by atoms with E-state index in [4.69, 9.17) is 0 Å². The van der Waals surface area contributed by atoms with Crippen LogP contribution in [0.2, 0.25) is 0 Å². The highest BCUT2D eigenvalue weighted by Gasteiger charge is 2.01. The van der Waals surface area contributed by atoms with E-state index in [0.717, 1.165) is 5.52 Å². The molecule has 0 aliphatic rings. The fraction of sp³-hybridized carbons (Fsp3) is 0.250. The zero-order chi connectivity index (χ0) is 9.42. The van der Waals surface area contributed by atoms with Gasteiger partial charge in [-0.05, 0) is 49.6 Å². The van der Waals surface area contributed by atoms with Crippen LogP contribution in [0.5, 0.6) is 0 Å². The topological polar surface area (TPSA) is 12.9 Å². The van der Waals surface area contributed by atoms with E-state index in [1.54, 1.807) is 0 Å². The van der Waals surface area contributed by atoms with Gasteiger partial charge in [0, 0.05) is 11.6 Å². The second-order valence-electron chi connectivity index (χ2n) is 3.60. The molecular formula is C12H13N. The molecule has 13 heavy (non-hydrogen) atoms. The Kier molecular flexibility index (Phi) is 1.80. The van der Waals surface area contributed by atoms with Crippen molar-refractivity contribution in [3.63, 3.8) is 0 Å². The van der Waals surface area contributed by atoms with Gasteiger partial charge in [0.15, 0.2) is 0 Å². The van der Waals surface area contributed by atoms with Crippen molar-refractivity contribution in [1.82, 2.24) is 4.98 Å². The fourth-order valence-electron chi connectivity index (χ4n) is 1.87. The molecule has 2 rings (SSSR count). The van der Waals surface area contributed by atoms with Crippen molar-refractivity contribution in [2.75, 3.05) is 0 Å². The van der Waals surface area contributed by atoms with E-state index < -0.39 is 0 Å². The van der Waals surface area contributed by atoms with Gasteiger partial charge in [-0.15, -0.1) is 0 Å². The standard InChI is InChI=1S/C12H13N/c1-8-6-10(3)12-9(2)4-5-13-11(12)7-8/h4-7H,1-3H3. The lowest BCUT2D eigenvalue weighted by molar-refractivity contribution is 1.32. The Balaban J connectivity index is 2.94. The molecule has 0 atom stereocenters. The lowest BCUT2D eigenvalue weighted by atomic mass is 10.0. The SMILES string of the molecule is Cc1cc(C)c2c(C)ccnc2c1. The summed E-state index contributed by atoms with van der Waals surface area (Å²) in [5.41, 5.74) is 5.02. The molecule has 1 heteroatoms. The molecular weight excluding hydrogens is 158 g/mol. The minimum Gasteiger partial charge on any atom is -0.256 e. The van der Waals surface area contributed by atoms with Gasteiger partial charge in [-0.2, -0.15) is 0 Å². The molecule has 0 aliphatic heterocycles. The van der Waals surface area contributed by atoms with Crippen molar-refractivity contribution in [2.24, 2.45) is 0 Å². The van der Waals surface area contributed by atoms with E-state index >= 15 is 0 Å². The van der Waals surface area contributed by atoms with Gasteiger partial charge in [0.25, 0.3) is 0 Å². The number of aromatic nitrogens is 1. The van der Waals surface area contributed by atoms with Crippen LogP contribution in [-0.2, 0) is 0 Å². The highest BCUT2D eigenvalue weighted by molar-refractivity contribution is 5.85. The molecule has 0 radical (unpaired) electrons. The van der Waals surface area contributed by atoms with E-state index in [1.165, 1.54) is 22.1 Å². The first-order chi connectivity index (χ1) is 6.18. The largest absolute Gasteiger partial charge is 0.256 e. The minimum absolute atomic E-state index is 1.11. The van der Waals surface area contributed by atoms with Crippen molar-refractivity contribution in [2.45, 2.75) is 20.8 Å². The third kappa shape index (κ3) is 1.31. The zero-order valence-electron chi connectivity index (χ0n) is 8.26. The second kappa shape index (κ2) is 2.84. The average Bonchev–Trinajstić information content (AvgIpc) is 2.02. The fourth-order valence-corrected chi connectivity index (χ4v) is 1.87. The molecule has 1 aromatic carbocycles. The second-order valence-corrected chi connectivity index (χ2v) is 3.60. The number of fused-ring (bicyclic) bond motifs is 1. The van der Waals surface area contributed by atoms with Gasteiger partial charge in [-0.3, -0.25) is 4.98 Å². The predicted molar refractivity (Wildman–Crippen MR) is 56.0 cm³/mol. The molecule has 1 nitrogen and oxygen atoms in total. The smallest absolute Gasteiger partial charge is 0.0709 e. The number of aryl methyl sites for hydroxylation is 3. The molecule has 0 saturated heterocycles. The summed E-state index contributed by atoms with van der Waals surface area (Å²) >= 11 is 0. The molecule has 1 aromatic heterocycles. The first-order valence-electron chi connectivity index (χ1n) is 4.51. The third-order valence-electron chi connectivity index (χ3n) is 2.39. The normalized spacial score (nSPS) is 10.7. The summed E-state index contributed by atoms with van der Waals surface area (Å²) in [6.45, 7) is 6.38. The minimum atomic E-state index is 1.11. The first kappa shape index (κ1) is 8.24. The Labute approximate surface area is 78.4 Å². The van der Waals surface area contributed by atoms with Crippen LogP contribution in [0.1, 0.15) is 16.7 Å². The van der Waals surface area contributed by atoms with Crippen LogP contribution >= 0.6 is 0 Å². The Morgan fingerprint density at radius 1 is 1.00 bits per heavy atom. The zero-order valence-corrected chi connectivity index (χ0v) is 8.26. The quantitative estimate of drug-likeness (QED) is 0.593. The van der Waals surface area contributed by atoms with Gasteiger partial charge in [-0.25, -0.2) is 0 Å². The maximum atomic E-state index is 4.36. The summed E-state index contributed by atoms with van der Waals surface area (Å²) in [5.74, 6) is 0. The van der Waals surface area contributed by atoms with Crippen molar-refractivity contribution in [1.29, 1.82) is 0 Å². The highest BCUT2D eigenvalue weighted by Crippen LogP contribution is 2.21. The van der Waals surface area contributed by atoms with Crippen LogP contribution in [0.15, 0.2) is 24.4 Å². The molecule has 66 valence electrons. The molecule has 0 aliphatic carbocycles. The number of benzene rings is 1. The predicted octanol–water partition coefficient (Wildman–Crippen LogP) is 3.16. The van der Waals surface area contributed by atoms with Crippen LogP contribution in [0.4, 0.5) is 0 Å². The molecule has 2 aromatic rings. The molecule has 0 bridgehead atoms. The summed E-state index contributed by atoms with van der Waals surface area (Å²) in [6, 6.07) is 6.40. The summed E-state index contributed by atoms with van der Waals surface area (Å²) in [5, 5.41) is 1.30. The maximum Gasteiger partial charge on any atom is 0.0709 e. The molecule has 1 heterocycles. The Morgan fingerprint density at radius 3 is 2.54 bits per heavy atom. The van der Waals surface area contributed by atoms with E-state index in [0.29, 0.717) is 0 Å². The number of hydrogen-bond donors (Lipinski definition) is 0. The summed E-state index contributed by atoms with van der Waals surface area (Å²) in [4.78, 5) is 4.36. The van der Waals surface area contributed by atoms with Crippen LogP contribution in [0, 0.1) is 20.8 Å². The molecule has 0 amide bonds. The van der Waals surface area contributed by atoms with Gasteiger partial charge in [-0.1, -0.05) is 6.07 Å². The lowest BCUT2D eigenvalue weighted by Gasteiger charge is -2.05. The molecule has 0 saturated carbocycles. The summed E-state index contributed by atoms with van der Waals surface area (Å²) in [7, 11) is 0. The van der Waals surface area contributed by atoms with Crippen LogP contribution < -0.4 is 0 Å². The molecule has 0 N–H and O–H groups in total. The lowest BCUT2D eigenvalue weighted by Crippen LogP contribution is -1.87. The van der Waals surface area contributed by atoms with Crippen molar-refractivity contribution in [3.8, 4) is 0 Å². The average molecular weight is 171 g/mol. The van der Waals surface area contributed by atoms with Gasteiger partial charge in [0.05, 0.1) is 5.52 Å². The number of pyridine rings is 1. The van der Waals surface area contributed by atoms with Crippen LogP contribution in [0.3, 0.4) is 0 Å². The van der Waals surface area contributed by atoms with Gasteiger partial charge >= 0.3 is 0 Å². The van der Waals surface area contributed by atoms with Gasteiger partial charge in [0.2, 0.25) is 0 Å². The van der Waals surface area contributed by atoms with Gasteiger partial charge in [0.1, 0.15) is 0 Å². The number of rotatable bonds is 0. The van der Waals surface area contributed by atoms with E-state index in [9.17, 15) is 0 Å². The molecule has 0 fully saturated rings. The molecule has 0 spiro atoms. The summed E-state index contributed by atoms with van der Waals surface area (Å²) < 4.78 is 0.